The van der Waals surface area contributed by atoms with Crippen molar-refractivity contribution in [2.24, 2.45) is 0 Å². The van der Waals surface area contributed by atoms with Gasteiger partial charge in [0.2, 0.25) is 0 Å². The molecule has 1 aromatic heterocycles. The number of para-hydroxylation sites is 1. The van der Waals surface area contributed by atoms with E-state index < -0.39 is 95.4 Å². The van der Waals surface area contributed by atoms with Gasteiger partial charge in [-0.15, -0.1) is 0 Å². The SMILES string of the molecule is Cc1c(C)c([Si](F)(F)c2ccc3c(c2)c2cc([Si](F)(F)c4c(C)c(C)c(F)c(F)c4F)ccc2n3-c2ccccc2)c(F)c(F)c1F. The lowest BCUT2D eigenvalue weighted by molar-refractivity contribution is 0.444. The molecule has 0 aliphatic carbocycles. The second kappa shape index (κ2) is 11.1. The molecule has 1 nitrogen and oxygen atoms in total. The maximum absolute atomic E-state index is 16.2. The van der Waals surface area contributed by atoms with Gasteiger partial charge in [0, 0.05) is 37.2 Å². The highest BCUT2D eigenvalue weighted by molar-refractivity contribution is 6.92. The minimum atomic E-state index is -6.10. The Balaban J connectivity index is 1.65. The summed E-state index contributed by atoms with van der Waals surface area (Å²) in [5.74, 6) is -11.2. The predicted octanol–water partition coefficient (Wildman–Crippen LogP) is 7.84. The maximum atomic E-state index is 16.2. The van der Waals surface area contributed by atoms with Crippen molar-refractivity contribution in [3.63, 3.8) is 0 Å². The molecule has 13 heteroatoms. The Morgan fingerprint density at radius 2 is 0.830 bits per heavy atom. The average Bonchev–Trinajstić information content (AvgIpc) is 3.38. The van der Waals surface area contributed by atoms with Crippen LogP contribution in [0.5, 0.6) is 0 Å². The summed E-state index contributed by atoms with van der Waals surface area (Å²) >= 11 is 0. The fraction of sp³-hybridized carbons (Fsp3) is 0.118. The first kappa shape index (κ1) is 32.6. The smallest absolute Gasteiger partial charge is 0.309 e. The van der Waals surface area contributed by atoms with Crippen molar-refractivity contribution >= 4 is 60.0 Å². The van der Waals surface area contributed by atoms with Crippen LogP contribution < -0.4 is 20.7 Å². The number of fused-ring (bicyclic) bond motifs is 3. The number of aromatic nitrogens is 1. The number of hydrogen-bond donors (Lipinski definition) is 0. The highest BCUT2D eigenvalue weighted by Crippen LogP contribution is 2.33. The van der Waals surface area contributed by atoms with Gasteiger partial charge in [-0.3, -0.25) is 16.4 Å². The maximum Gasteiger partial charge on any atom is 0.490 e. The summed E-state index contributed by atoms with van der Waals surface area (Å²) in [6.45, 7) is 4.25. The van der Waals surface area contributed by atoms with Crippen LogP contribution in [-0.4, -0.2) is 22.1 Å². The molecule has 0 radical (unpaired) electrons. The Bertz CT molecular complexity index is 2070. The largest absolute Gasteiger partial charge is 0.490 e. The zero-order chi connectivity index (χ0) is 34.3. The van der Waals surface area contributed by atoms with Crippen molar-refractivity contribution in [1.82, 2.24) is 4.57 Å². The molecule has 0 atom stereocenters. The van der Waals surface area contributed by atoms with Crippen molar-refractivity contribution in [1.29, 1.82) is 0 Å². The summed E-state index contributed by atoms with van der Waals surface area (Å²) < 4.78 is 153. The zero-order valence-corrected chi connectivity index (χ0v) is 27.1. The molecule has 0 saturated heterocycles. The first-order valence-electron chi connectivity index (χ1n) is 14.2. The topological polar surface area (TPSA) is 4.93 Å². The van der Waals surface area contributed by atoms with Crippen molar-refractivity contribution in [2.75, 3.05) is 0 Å². The van der Waals surface area contributed by atoms with E-state index in [-0.39, 0.29) is 10.8 Å². The van der Waals surface area contributed by atoms with Gasteiger partial charge in [-0.25, -0.2) is 26.3 Å². The summed E-state index contributed by atoms with van der Waals surface area (Å²) in [5.41, 5.74) is -0.705. The van der Waals surface area contributed by atoms with Crippen LogP contribution in [0.3, 0.4) is 0 Å². The van der Waals surface area contributed by atoms with E-state index in [4.69, 9.17) is 0 Å². The molecular formula is C34H23F10NSi2. The standard InChI is InChI=1S/C34H23F10NSi2/c1-16-18(3)33(31(39)29(37)27(16)35)46(41,42)21-10-12-25-23(14-21)24-15-22(11-13-26(24)45(25)20-8-6-5-7-9-20)47(43,44)34-19(4)17(2)28(36)30(38)32(34)40/h5-15H,1-4H3. The van der Waals surface area contributed by atoms with Gasteiger partial charge < -0.3 is 4.57 Å². The summed E-state index contributed by atoms with van der Waals surface area (Å²) in [7, 11) is -12.2. The summed E-state index contributed by atoms with van der Waals surface area (Å²) in [5, 5.41) is -3.79. The minimum Gasteiger partial charge on any atom is -0.309 e. The van der Waals surface area contributed by atoms with Gasteiger partial charge in [-0.2, -0.15) is 0 Å². The average molecular weight is 692 g/mol. The Hall–Kier alpha value is -4.37. The minimum absolute atomic E-state index is 0.0382. The molecule has 0 amide bonds. The molecule has 1 heterocycles. The number of nitrogens with zero attached hydrogens (tertiary/aromatic N) is 1. The van der Waals surface area contributed by atoms with Crippen LogP contribution in [-0.2, 0) is 0 Å². The van der Waals surface area contributed by atoms with Gasteiger partial charge >= 0.3 is 17.5 Å². The second-order valence-electron chi connectivity index (χ2n) is 11.4. The van der Waals surface area contributed by atoms with Crippen LogP contribution in [0.2, 0.25) is 0 Å². The van der Waals surface area contributed by atoms with E-state index in [1.165, 1.54) is 12.1 Å². The van der Waals surface area contributed by atoms with Crippen LogP contribution in [0.4, 0.5) is 42.8 Å². The van der Waals surface area contributed by atoms with E-state index in [9.17, 15) is 26.3 Å². The lowest BCUT2D eigenvalue weighted by Crippen LogP contribution is -2.54. The molecule has 47 heavy (non-hydrogen) atoms. The Labute approximate surface area is 264 Å². The molecule has 0 spiro atoms. The van der Waals surface area contributed by atoms with Gasteiger partial charge in [0.25, 0.3) is 0 Å². The molecule has 6 rings (SSSR count). The van der Waals surface area contributed by atoms with Gasteiger partial charge in [-0.05, 0) is 86.3 Å². The molecule has 0 bridgehead atoms. The number of halogens is 10. The van der Waals surface area contributed by atoms with Crippen molar-refractivity contribution in [3.8, 4) is 5.69 Å². The van der Waals surface area contributed by atoms with E-state index in [1.807, 2.05) is 0 Å². The molecule has 0 saturated carbocycles. The Morgan fingerprint density at radius 1 is 0.447 bits per heavy atom. The molecular weight excluding hydrogens is 669 g/mol. The van der Waals surface area contributed by atoms with E-state index in [2.05, 4.69) is 0 Å². The fourth-order valence-corrected chi connectivity index (χ4v) is 9.98. The van der Waals surface area contributed by atoms with E-state index >= 15 is 16.4 Å². The molecule has 242 valence electrons. The highest BCUT2D eigenvalue weighted by atomic mass is 28.4. The van der Waals surface area contributed by atoms with Gasteiger partial charge in [0.15, 0.2) is 34.9 Å². The van der Waals surface area contributed by atoms with Gasteiger partial charge in [0.1, 0.15) is 0 Å². The van der Waals surface area contributed by atoms with E-state index in [0.29, 0.717) is 16.7 Å². The first-order valence-corrected chi connectivity index (χ1v) is 17.7. The van der Waals surface area contributed by atoms with Crippen LogP contribution in [0.1, 0.15) is 22.3 Å². The van der Waals surface area contributed by atoms with Crippen LogP contribution in [0, 0.1) is 62.6 Å². The predicted molar refractivity (Wildman–Crippen MR) is 167 cm³/mol. The summed E-state index contributed by atoms with van der Waals surface area (Å²) in [6, 6.07) is 15.2. The number of benzene rings is 5. The summed E-state index contributed by atoms with van der Waals surface area (Å²) in [4.78, 5) is 0. The first-order chi connectivity index (χ1) is 22.0. The monoisotopic (exact) mass is 691 g/mol. The van der Waals surface area contributed by atoms with Gasteiger partial charge in [0.05, 0.1) is 11.0 Å². The van der Waals surface area contributed by atoms with Crippen LogP contribution in [0.25, 0.3) is 27.5 Å². The molecule has 0 aliphatic rings. The third kappa shape index (κ3) is 4.73. The quantitative estimate of drug-likeness (QED) is 0.0752. The van der Waals surface area contributed by atoms with E-state index in [1.54, 1.807) is 34.9 Å². The highest BCUT2D eigenvalue weighted by Gasteiger charge is 2.48. The normalized spacial score (nSPS) is 12.5. The van der Waals surface area contributed by atoms with Crippen LogP contribution in [0.15, 0.2) is 66.7 Å². The van der Waals surface area contributed by atoms with Gasteiger partial charge in [-0.1, -0.05) is 30.3 Å². The van der Waals surface area contributed by atoms with Crippen molar-refractivity contribution in [3.05, 3.63) is 124 Å². The molecule has 0 fully saturated rings. The van der Waals surface area contributed by atoms with Crippen LogP contribution >= 0.6 is 0 Å². The molecule has 5 aromatic carbocycles. The third-order valence-electron chi connectivity index (χ3n) is 8.88. The number of rotatable bonds is 5. The lowest BCUT2D eigenvalue weighted by Gasteiger charge is -2.20. The summed E-state index contributed by atoms with van der Waals surface area (Å²) in [6.07, 6.45) is 0. The number of hydrogen-bond acceptors (Lipinski definition) is 0. The van der Waals surface area contributed by atoms with Crippen molar-refractivity contribution in [2.45, 2.75) is 27.7 Å². The molecule has 6 aromatic rings. The molecule has 0 N–H and O–H groups in total. The van der Waals surface area contributed by atoms with Crippen molar-refractivity contribution < 1.29 is 42.8 Å². The second-order valence-corrected chi connectivity index (χ2v) is 15.9. The zero-order valence-electron chi connectivity index (χ0n) is 25.1. The lowest BCUT2D eigenvalue weighted by atomic mass is 10.1. The fourth-order valence-electron chi connectivity index (χ4n) is 6.08. The molecule has 0 unspecified atom stereocenters. The van der Waals surface area contributed by atoms with E-state index in [0.717, 1.165) is 52.0 Å². The third-order valence-corrected chi connectivity index (χ3v) is 13.4. The Morgan fingerprint density at radius 3 is 1.21 bits per heavy atom. The molecule has 0 aliphatic heterocycles. The Kier molecular flexibility index (Phi) is 7.70.